The van der Waals surface area contributed by atoms with Crippen LogP contribution >= 0.6 is 0 Å². The number of hydrogen-bond acceptors (Lipinski definition) is 4. The van der Waals surface area contributed by atoms with E-state index in [1.54, 1.807) is 7.11 Å². The minimum Gasteiger partial charge on any atom is -0.384 e. The first-order valence-electron chi connectivity index (χ1n) is 7.09. The molecule has 112 valence electrons. The van der Waals surface area contributed by atoms with Gasteiger partial charge in [0.05, 0.1) is 17.6 Å². The van der Waals surface area contributed by atoms with Gasteiger partial charge in [0.15, 0.2) is 9.84 Å². The number of methoxy groups -OCH3 is 1. The van der Waals surface area contributed by atoms with Crippen LogP contribution < -0.4 is 5.73 Å². The van der Waals surface area contributed by atoms with E-state index in [9.17, 15) is 8.42 Å². The number of ether oxygens (including phenoxy) is 1. The summed E-state index contributed by atoms with van der Waals surface area (Å²) in [4.78, 5) is 0. The Morgan fingerprint density at radius 1 is 1.30 bits per heavy atom. The summed E-state index contributed by atoms with van der Waals surface area (Å²) in [7, 11) is -1.36. The van der Waals surface area contributed by atoms with Crippen molar-refractivity contribution < 1.29 is 13.2 Å². The minimum atomic E-state index is -3.04. The van der Waals surface area contributed by atoms with E-state index in [4.69, 9.17) is 10.5 Å². The Morgan fingerprint density at radius 3 is 2.60 bits per heavy atom. The van der Waals surface area contributed by atoms with E-state index in [0.29, 0.717) is 13.0 Å². The van der Waals surface area contributed by atoms with Crippen molar-refractivity contribution in [1.82, 2.24) is 0 Å². The molecule has 2 atom stereocenters. The maximum absolute atomic E-state index is 12.1. The fraction of sp³-hybridized carbons (Fsp3) is 0.600. The van der Waals surface area contributed by atoms with Crippen molar-refractivity contribution in [1.29, 1.82) is 0 Å². The van der Waals surface area contributed by atoms with Crippen LogP contribution in [0.25, 0.3) is 0 Å². The lowest BCUT2D eigenvalue weighted by molar-refractivity contribution is 0.202. The standard InChI is InChI=1S/C15H23NO3S/c1-19-10-9-12-5-7-13(8-6-12)15(16)14-4-2-3-11-20(14,17)18/h5-8,14-15H,2-4,9-11,16H2,1H3. The molecule has 1 aliphatic heterocycles. The summed E-state index contributed by atoms with van der Waals surface area (Å²) in [5, 5.41) is -0.430. The molecule has 1 aliphatic rings. The topological polar surface area (TPSA) is 69.4 Å². The second-order valence-electron chi connectivity index (χ2n) is 5.41. The number of hydrogen-bond donors (Lipinski definition) is 1. The van der Waals surface area contributed by atoms with Gasteiger partial charge in [-0.1, -0.05) is 30.7 Å². The van der Waals surface area contributed by atoms with E-state index < -0.39 is 21.1 Å². The molecule has 0 aromatic heterocycles. The summed E-state index contributed by atoms with van der Waals surface area (Å²) in [6.45, 7) is 0.683. The number of rotatable bonds is 5. The molecule has 0 spiro atoms. The first-order valence-corrected chi connectivity index (χ1v) is 8.81. The fourth-order valence-corrected chi connectivity index (χ4v) is 4.76. The molecule has 0 radical (unpaired) electrons. The lowest BCUT2D eigenvalue weighted by Gasteiger charge is -2.27. The molecule has 20 heavy (non-hydrogen) atoms. The Morgan fingerprint density at radius 2 is 2.00 bits per heavy atom. The van der Waals surface area contributed by atoms with Crippen LogP contribution in [0.1, 0.15) is 36.4 Å². The largest absolute Gasteiger partial charge is 0.384 e. The van der Waals surface area contributed by atoms with Crippen molar-refractivity contribution in [3.63, 3.8) is 0 Å². The Labute approximate surface area is 121 Å². The Bertz CT molecular complexity index is 525. The van der Waals surface area contributed by atoms with Crippen LogP contribution in [0.3, 0.4) is 0 Å². The Hall–Kier alpha value is -0.910. The predicted molar refractivity (Wildman–Crippen MR) is 80.4 cm³/mol. The highest BCUT2D eigenvalue weighted by molar-refractivity contribution is 7.92. The van der Waals surface area contributed by atoms with Crippen molar-refractivity contribution in [2.75, 3.05) is 19.5 Å². The summed E-state index contributed by atoms with van der Waals surface area (Å²) in [5.41, 5.74) is 8.27. The van der Waals surface area contributed by atoms with E-state index in [2.05, 4.69) is 0 Å². The van der Waals surface area contributed by atoms with E-state index in [0.717, 1.165) is 24.8 Å². The molecule has 2 rings (SSSR count). The van der Waals surface area contributed by atoms with E-state index in [1.807, 2.05) is 24.3 Å². The third-order valence-corrected chi connectivity index (χ3v) is 6.30. The van der Waals surface area contributed by atoms with Crippen molar-refractivity contribution in [3.05, 3.63) is 35.4 Å². The fourth-order valence-electron chi connectivity index (χ4n) is 2.72. The van der Waals surface area contributed by atoms with Gasteiger partial charge in [0, 0.05) is 13.2 Å². The zero-order chi connectivity index (χ0) is 14.6. The van der Waals surface area contributed by atoms with Crippen LogP contribution in [-0.2, 0) is 21.0 Å². The summed E-state index contributed by atoms with van der Waals surface area (Å²) < 4.78 is 29.3. The van der Waals surface area contributed by atoms with Crippen molar-refractivity contribution in [3.8, 4) is 0 Å². The number of benzene rings is 1. The Kier molecular flexibility index (Phi) is 5.18. The molecule has 1 aromatic rings. The van der Waals surface area contributed by atoms with E-state index in [1.165, 1.54) is 5.56 Å². The molecule has 0 bridgehead atoms. The lowest BCUT2D eigenvalue weighted by Crippen LogP contribution is -2.37. The monoisotopic (exact) mass is 297 g/mol. The molecule has 5 heteroatoms. The molecule has 0 saturated carbocycles. The molecule has 1 fully saturated rings. The lowest BCUT2D eigenvalue weighted by atomic mass is 9.99. The molecule has 1 saturated heterocycles. The first-order chi connectivity index (χ1) is 9.54. The van der Waals surface area contributed by atoms with Crippen molar-refractivity contribution in [2.24, 2.45) is 5.73 Å². The molecular weight excluding hydrogens is 274 g/mol. The highest BCUT2D eigenvalue weighted by Crippen LogP contribution is 2.29. The summed E-state index contributed by atoms with van der Waals surface area (Å²) in [6.07, 6.45) is 3.24. The smallest absolute Gasteiger partial charge is 0.155 e. The predicted octanol–water partition coefficient (Wildman–Crippen LogP) is 1.84. The molecule has 4 nitrogen and oxygen atoms in total. The van der Waals surface area contributed by atoms with Crippen LogP contribution in [0.15, 0.2) is 24.3 Å². The van der Waals surface area contributed by atoms with Crippen LogP contribution in [0.2, 0.25) is 0 Å². The van der Waals surface area contributed by atoms with Crippen LogP contribution in [-0.4, -0.2) is 33.1 Å². The summed E-state index contributed by atoms with van der Waals surface area (Å²) in [5.74, 6) is 0.275. The van der Waals surface area contributed by atoms with Gasteiger partial charge in [-0.05, 0) is 30.4 Å². The van der Waals surface area contributed by atoms with Gasteiger partial charge in [0.1, 0.15) is 0 Å². The van der Waals surface area contributed by atoms with Crippen LogP contribution in [0, 0.1) is 0 Å². The van der Waals surface area contributed by atoms with Gasteiger partial charge >= 0.3 is 0 Å². The first kappa shape index (κ1) is 15.5. The van der Waals surface area contributed by atoms with Gasteiger partial charge in [-0.15, -0.1) is 0 Å². The van der Waals surface area contributed by atoms with Crippen molar-refractivity contribution >= 4 is 9.84 Å². The molecule has 2 unspecified atom stereocenters. The normalized spacial score (nSPS) is 23.4. The van der Waals surface area contributed by atoms with E-state index >= 15 is 0 Å². The minimum absolute atomic E-state index is 0.275. The SMILES string of the molecule is COCCc1ccc(C(N)C2CCCCS2(=O)=O)cc1. The summed E-state index contributed by atoms with van der Waals surface area (Å²) >= 11 is 0. The molecule has 1 aromatic carbocycles. The van der Waals surface area contributed by atoms with Gasteiger partial charge in [-0.2, -0.15) is 0 Å². The highest BCUT2D eigenvalue weighted by atomic mass is 32.2. The van der Waals surface area contributed by atoms with Gasteiger partial charge < -0.3 is 10.5 Å². The van der Waals surface area contributed by atoms with Crippen LogP contribution in [0.4, 0.5) is 0 Å². The number of nitrogens with two attached hydrogens (primary N) is 1. The molecule has 0 amide bonds. The van der Waals surface area contributed by atoms with Gasteiger partial charge in [0.25, 0.3) is 0 Å². The average Bonchev–Trinajstić information content (AvgIpc) is 2.44. The highest BCUT2D eigenvalue weighted by Gasteiger charge is 2.34. The van der Waals surface area contributed by atoms with Gasteiger partial charge in [0.2, 0.25) is 0 Å². The third kappa shape index (κ3) is 3.59. The van der Waals surface area contributed by atoms with Crippen LogP contribution in [0.5, 0.6) is 0 Å². The Balaban J connectivity index is 2.10. The maximum atomic E-state index is 12.1. The number of sulfone groups is 1. The average molecular weight is 297 g/mol. The quantitative estimate of drug-likeness (QED) is 0.900. The van der Waals surface area contributed by atoms with Crippen molar-refractivity contribution in [2.45, 2.75) is 37.0 Å². The third-order valence-electron chi connectivity index (χ3n) is 3.99. The molecule has 0 aliphatic carbocycles. The molecule has 2 N–H and O–H groups in total. The second kappa shape index (κ2) is 6.70. The zero-order valence-electron chi connectivity index (χ0n) is 11.9. The second-order valence-corrected chi connectivity index (χ2v) is 7.75. The van der Waals surface area contributed by atoms with Gasteiger partial charge in [-0.25, -0.2) is 8.42 Å². The molecule has 1 heterocycles. The van der Waals surface area contributed by atoms with E-state index in [-0.39, 0.29) is 5.75 Å². The van der Waals surface area contributed by atoms with Gasteiger partial charge in [-0.3, -0.25) is 0 Å². The molecular formula is C15H23NO3S. The zero-order valence-corrected chi connectivity index (χ0v) is 12.7. The summed E-state index contributed by atoms with van der Waals surface area (Å²) in [6, 6.07) is 7.48. The maximum Gasteiger partial charge on any atom is 0.155 e.